The van der Waals surface area contributed by atoms with Gasteiger partial charge in [-0.25, -0.2) is 8.42 Å². The summed E-state index contributed by atoms with van der Waals surface area (Å²) in [5, 5.41) is 2.91. The van der Waals surface area contributed by atoms with E-state index >= 15 is 0 Å². The Bertz CT molecular complexity index is 997. The Kier molecular flexibility index (Phi) is 7.28. The highest BCUT2D eigenvalue weighted by Crippen LogP contribution is 2.22. The highest BCUT2D eigenvalue weighted by molar-refractivity contribution is 7.89. The molecule has 1 amide bonds. The van der Waals surface area contributed by atoms with Crippen molar-refractivity contribution in [3.8, 4) is 0 Å². The molecule has 162 valence electrons. The number of rotatable bonds is 7. The number of sulfonamides is 1. The standard InChI is InChI=1S/C23H31N3O3S/c1-18-6-4-7-20(16-18)8-5-11-24-23(27)21-10-9-19(2)22(17-21)30(28,29)26-14-12-25(3)13-15-26/h4,6-7,9-10,16-17H,5,8,11-15H2,1-3H3,(H,24,27). The second-order valence-electron chi connectivity index (χ2n) is 8.04. The van der Waals surface area contributed by atoms with Gasteiger partial charge in [0.15, 0.2) is 0 Å². The fraction of sp³-hybridized carbons (Fsp3) is 0.435. The number of nitrogens with zero attached hydrogens (tertiary/aromatic N) is 2. The summed E-state index contributed by atoms with van der Waals surface area (Å²) >= 11 is 0. The van der Waals surface area contributed by atoms with Gasteiger partial charge < -0.3 is 10.2 Å². The van der Waals surface area contributed by atoms with Gasteiger partial charge in [-0.05, 0) is 57.0 Å². The Morgan fingerprint density at radius 3 is 2.47 bits per heavy atom. The molecule has 3 rings (SSSR count). The molecule has 2 aromatic rings. The van der Waals surface area contributed by atoms with Crippen molar-refractivity contribution >= 4 is 15.9 Å². The lowest BCUT2D eigenvalue weighted by Crippen LogP contribution is -2.47. The lowest BCUT2D eigenvalue weighted by Gasteiger charge is -2.32. The number of likely N-dealkylation sites (N-methyl/N-ethyl adjacent to an activating group) is 1. The van der Waals surface area contributed by atoms with Gasteiger partial charge in [0.2, 0.25) is 10.0 Å². The highest BCUT2D eigenvalue weighted by atomic mass is 32.2. The molecule has 1 heterocycles. The molecule has 0 unspecified atom stereocenters. The first-order chi connectivity index (χ1) is 14.3. The summed E-state index contributed by atoms with van der Waals surface area (Å²) < 4.78 is 27.7. The van der Waals surface area contributed by atoms with E-state index in [0.717, 1.165) is 12.8 Å². The Hall–Kier alpha value is -2.22. The number of amides is 1. The number of hydrogen-bond acceptors (Lipinski definition) is 4. The molecule has 6 nitrogen and oxygen atoms in total. The van der Waals surface area contributed by atoms with E-state index in [1.165, 1.54) is 21.5 Å². The van der Waals surface area contributed by atoms with Gasteiger partial charge >= 0.3 is 0 Å². The fourth-order valence-electron chi connectivity index (χ4n) is 3.65. The quantitative estimate of drug-likeness (QED) is 0.687. The third-order valence-corrected chi connectivity index (χ3v) is 7.58. The van der Waals surface area contributed by atoms with Crippen molar-refractivity contribution in [3.05, 3.63) is 64.7 Å². The zero-order chi connectivity index (χ0) is 21.7. The molecule has 0 aromatic heterocycles. The molecular weight excluding hydrogens is 398 g/mol. The maximum absolute atomic E-state index is 13.1. The van der Waals surface area contributed by atoms with Crippen LogP contribution in [-0.2, 0) is 16.4 Å². The number of aryl methyl sites for hydroxylation is 3. The van der Waals surface area contributed by atoms with Crippen molar-refractivity contribution in [1.82, 2.24) is 14.5 Å². The largest absolute Gasteiger partial charge is 0.352 e. The lowest BCUT2D eigenvalue weighted by molar-refractivity contribution is 0.0953. The van der Waals surface area contributed by atoms with E-state index in [4.69, 9.17) is 0 Å². The van der Waals surface area contributed by atoms with E-state index < -0.39 is 10.0 Å². The molecule has 0 spiro atoms. The molecule has 1 saturated heterocycles. The average molecular weight is 430 g/mol. The zero-order valence-corrected chi connectivity index (χ0v) is 18.8. The van der Waals surface area contributed by atoms with Gasteiger partial charge in [0.05, 0.1) is 4.90 Å². The van der Waals surface area contributed by atoms with Crippen LogP contribution >= 0.6 is 0 Å². The van der Waals surface area contributed by atoms with Gasteiger partial charge in [0.25, 0.3) is 5.91 Å². The molecule has 1 aliphatic rings. The summed E-state index contributed by atoms with van der Waals surface area (Å²) in [5.41, 5.74) is 3.51. The summed E-state index contributed by atoms with van der Waals surface area (Å²) in [5.74, 6) is -0.242. The van der Waals surface area contributed by atoms with Gasteiger partial charge in [0.1, 0.15) is 0 Å². The number of piperazine rings is 1. The maximum atomic E-state index is 13.1. The van der Waals surface area contributed by atoms with E-state index in [1.807, 2.05) is 13.1 Å². The summed E-state index contributed by atoms with van der Waals surface area (Å²) in [6.07, 6.45) is 1.71. The molecule has 1 N–H and O–H groups in total. The van der Waals surface area contributed by atoms with Crippen LogP contribution in [0.15, 0.2) is 47.4 Å². The molecule has 7 heteroatoms. The van der Waals surface area contributed by atoms with Crippen LogP contribution in [0.5, 0.6) is 0 Å². The Balaban J connectivity index is 1.63. The van der Waals surface area contributed by atoms with Crippen molar-refractivity contribution in [3.63, 3.8) is 0 Å². The molecule has 0 radical (unpaired) electrons. The second kappa shape index (κ2) is 9.73. The zero-order valence-electron chi connectivity index (χ0n) is 18.0. The van der Waals surface area contributed by atoms with Gasteiger partial charge in [-0.3, -0.25) is 4.79 Å². The predicted octanol–water partition coefficient (Wildman–Crippen LogP) is 2.60. The number of carbonyl (C=O) groups is 1. The fourth-order valence-corrected chi connectivity index (χ4v) is 5.32. The smallest absolute Gasteiger partial charge is 0.251 e. The number of nitrogens with one attached hydrogen (secondary N) is 1. The number of hydrogen-bond donors (Lipinski definition) is 1. The normalized spacial score (nSPS) is 15.8. The molecular formula is C23H31N3O3S. The van der Waals surface area contributed by atoms with Crippen molar-refractivity contribution < 1.29 is 13.2 Å². The molecule has 1 fully saturated rings. The number of benzene rings is 2. The average Bonchev–Trinajstić information content (AvgIpc) is 2.71. The van der Waals surface area contributed by atoms with Crippen LogP contribution in [0.25, 0.3) is 0 Å². The van der Waals surface area contributed by atoms with Crippen LogP contribution in [0, 0.1) is 13.8 Å². The van der Waals surface area contributed by atoms with Crippen molar-refractivity contribution in [2.75, 3.05) is 39.8 Å². The van der Waals surface area contributed by atoms with Crippen LogP contribution < -0.4 is 5.32 Å². The first-order valence-electron chi connectivity index (χ1n) is 10.4. The van der Waals surface area contributed by atoms with Crippen molar-refractivity contribution in [2.45, 2.75) is 31.6 Å². The van der Waals surface area contributed by atoms with Crippen LogP contribution in [0.1, 0.15) is 33.5 Å². The van der Waals surface area contributed by atoms with E-state index in [0.29, 0.717) is 43.9 Å². The van der Waals surface area contributed by atoms with Crippen LogP contribution in [0.2, 0.25) is 0 Å². The SMILES string of the molecule is Cc1cccc(CCCNC(=O)c2ccc(C)c(S(=O)(=O)N3CCN(C)CC3)c2)c1. The summed E-state index contributed by atoms with van der Waals surface area (Å²) in [6, 6.07) is 13.3. The Morgan fingerprint density at radius 1 is 1.03 bits per heavy atom. The highest BCUT2D eigenvalue weighted by Gasteiger charge is 2.29. The molecule has 0 saturated carbocycles. The van der Waals surface area contributed by atoms with Gasteiger partial charge in [-0.15, -0.1) is 0 Å². The molecule has 0 atom stereocenters. The molecule has 2 aromatic carbocycles. The topological polar surface area (TPSA) is 69.7 Å². The minimum atomic E-state index is -3.61. The molecule has 0 bridgehead atoms. The monoisotopic (exact) mass is 429 g/mol. The third kappa shape index (κ3) is 5.47. The van der Waals surface area contributed by atoms with Crippen LogP contribution in [0.3, 0.4) is 0 Å². The first kappa shape index (κ1) is 22.5. The van der Waals surface area contributed by atoms with E-state index in [2.05, 4.69) is 35.3 Å². The van der Waals surface area contributed by atoms with Crippen molar-refractivity contribution in [2.24, 2.45) is 0 Å². The summed E-state index contributed by atoms with van der Waals surface area (Å²) in [4.78, 5) is 14.9. The Morgan fingerprint density at radius 2 is 1.77 bits per heavy atom. The molecule has 30 heavy (non-hydrogen) atoms. The molecule has 1 aliphatic heterocycles. The first-order valence-corrected chi connectivity index (χ1v) is 11.8. The van der Waals surface area contributed by atoms with Crippen molar-refractivity contribution in [1.29, 1.82) is 0 Å². The van der Waals surface area contributed by atoms with Crippen LogP contribution in [-0.4, -0.2) is 63.3 Å². The minimum absolute atomic E-state index is 0.222. The van der Waals surface area contributed by atoms with Crippen LogP contribution in [0.4, 0.5) is 0 Å². The molecule has 0 aliphatic carbocycles. The minimum Gasteiger partial charge on any atom is -0.352 e. The van der Waals surface area contributed by atoms with E-state index in [1.54, 1.807) is 19.1 Å². The van der Waals surface area contributed by atoms with Gasteiger partial charge in [-0.2, -0.15) is 4.31 Å². The predicted molar refractivity (Wildman–Crippen MR) is 119 cm³/mol. The third-order valence-electron chi connectivity index (χ3n) is 5.54. The summed E-state index contributed by atoms with van der Waals surface area (Å²) in [7, 11) is -1.63. The second-order valence-corrected chi connectivity index (χ2v) is 9.94. The summed E-state index contributed by atoms with van der Waals surface area (Å²) in [6.45, 7) is 6.73. The van der Waals surface area contributed by atoms with E-state index in [-0.39, 0.29) is 10.8 Å². The lowest BCUT2D eigenvalue weighted by atomic mass is 10.1. The number of carbonyl (C=O) groups excluding carboxylic acids is 1. The Labute approximate surface area is 179 Å². The van der Waals surface area contributed by atoms with Gasteiger partial charge in [-0.1, -0.05) is 35.9 Å². The maximum Gasteiger partial charge on any atom is 0.251 e. The van der Waals surface area contributed by atoms with E-state index in [9.17, 15) is 13.2 Å². The van der Waals surface area contributed by atoms with Gasteiger partial charge in [0, 0.05) is 38.3 Å².